The first-order chi connectivity index (χ1) is 13.4. The maximum Gasteiger partial charge on any atom is 0.335 e. The molecule has 0 saturated carbocycles. The maximum atomic E-state index is 13.0. The number of rotatable bonds is 5. The van der Waals surface area contributed by atoms with Crippen molar-refractivity contribution in [1.82, 2.24) is 5.32 Å². The molecule has 1 aliphatic rings. The molecular weight excluding hydrogens is 358 g/mol. The van der Waals surface area contributed by atoms with E-state index in [4.69, 9.17) is 4.74 Å². The van der Waals surface area contributed by atoms with Crippen molar-refractivity contribution < 1.29 is 19.1 Å². The number of methoxy groups -OCH3 is 1. The van der Waals surface area contributed by atoms with E-state index in [1.54, 1.807) is 31.2 Å². The first kappa shape index (κ1) is 19.3. The SMILES string of the molecule is COc1ccc(N2C(=O)NC(=O)C(C(C)=N[C@@H](C)c3ccccc3)C2=O)cc1. The fourth-order valence-electron chi connectivity index (χ4n) is 3.11. The first-order valence-corrected chi connectivity index (χ1v) is 8.84. The molecule has 0 bridgehead atoms. The second-order valence-electron chi connectivity index (χ2n) is 6.46. The Morgan fingerprint density at radius 1 is 1.07 bits per heavy atom. The number of benzene rings is 2. The van der Waals surface area contributed by atoms with Crippen LogP contribution >= 0.6 is 0 Å². The number of nitrogens with one attached hydrogen (secondary N) is 1. The molecule has 28 heavy (non-hydrogen) atoms. The van der Waals surface area contributed by atoms with E-state index in [1.807, 2.05) is 37.3 Å². The van der Waals surface area contributed by atoms with E-state index >= 15 is 0 Å². The number of hydrogen-bond acceptors (Lipinski definition) is 5. The van der Waals surface area contributed by atoms with E-state index in [9.17, 15) is 14.4 Å². The normalized spacial score (nSPS) is 18.7. The van der Waals surface area contributed by atoms with Crippen LogP contribution in [0.2, 0.25) is 0 Å². The number of urea groups is 1. The highest BCUT2D eigenvalue weighted by Gasteiger charge is 2.43. The Hall–Kier alpha value is -3.48. The van der Waals surface area contributed by atoms with Gasteiger partial charge in [0.15, 0.2) is 5.92 Å². The smallest absolute Gasteiger partial charge is 0.335 e. The highest BCUT2D eigenvalue weighted by Crippen LogP contribution is 2.25. The van der Waals surface area contributed by atoms with Crippen molar-refractivity contribution in [2.45, 2.75) is 19.9 Å². The molecule has 1 N–H and O–H groups in total. The Morgan fingerprint density at radius 3 is 2.32 bits per heavy atom. The van der Waals surface area contributed by atoms with Crippen molar-refractivity contribution in [1.29, 1.82) is 0 Å². The summed E-state index contributed by atoms with van der Waals surface area (Å²) in [6.07, 6.45) is 0. The van der Waals surface area contributed by atoms with Crippen LogP contribution in [0, 0.1) is 5.92 Å². The van der Waals surface area contributed by atoms with Crippen LogP contribution in [0.25, 0.3) is 0 Å². The summed E-state index contributed by atoms with van der Waals surface area (Å²) in [4.78, 5) is 43.1. The topological polar surface area (TPSA) is 88.1 Å². The van der Waals surface area contributed by atoms with E-state index in [2.05, 4.69) is 10.3 Å². The van der Waals surface area contributed by atoms with E-state index in [0.29, 0.717) is 17.1 Å². The molecule has 4 amide bonds. The van der Waals surface area contributed by atoms with Gasteiger partial charge in [-0.05, 0) is 43.7 Å². The number of aliphatic imine (C=N–C) groups is 1. The van der Waals surface area contributed by atoms with Gasteiger partial charge in [-0.1, -0.05) is 30.3 Å². The van der Waals surface area contributed by atoms with Gasteiger partial charge in [0.05, 0.1) is 18.8 Å². The second-order valence-corrected chi connectivity index (χ2v) is 6.46. The Balaban J connectivity index is 1.89. The number of nitrogens with zero attached hydrogens (tertiary/aromatic N) is 2. The average molecular weight is 379 g/mol. The molecule has 2 aromatic rings. The monoisotopic (exact) mass is 379 g/mol. The minimum absolute atomic E-state index is 0.228. The largest absolute Gasteiger partial charge is 0.497 e. The van der Waals surface area contributed by atoms with Crippen molar-refractivity contribution in [3.05, 3.63) is 60.2 Å². The van der Waals surface area contributed by atoms with Gasteiger partial charge in [-0.25, -0.2) is 9.69 Å². The number of anilines is 1. The van der Waals surface area contributed by atoms with E-state index in [-0.39, 0.29) is 6.04 Å². The number of carbonyl (C=O) groups excluding carboxylic acids is 3. The number of imide groups is 2. The van der Waals surface area contributed by atoms with Crippen molar-refractivity contribution in [3.8, 4) is 5.75 Å². The van der Waals surface area contributed by atoms with Crippen LogP contribution < -0.4 is 15.0 Å². The predicted octanol–water partition coefficient (Wildman–Crippen LogP) is 3.12. The summed E-state index contributed by atoms with van der Waals surface area (Å²) < 4.78 is 5.10. The molecular formula is C21H21N3O4. The molecule has 144 valence electrons. The molecule has 2 atom stereocenters. The van der Waals surface area contributed by atoms with Gasteiger partial charge in [0, 0.05) is 5.71 Å². The van der Waals surface area contributed by atoms with Gasteiger partial charge in [0.1, 0.15) is 5.75 Å². The summed E-state index contributed by atoms with van der Waals surface area (Å²) in [7, 11) is 1.52. The molecule has 1 heterocycles. The molecule has 0 radical (unpaired) electrons. The summed E-state index contributed by atoms with van der Waals surface area (Å²) in [5.74, 6) is -1.86. The number of barbiturate groups is 1. The van der Waals surface area contributed by atoms with Gasteiger partial charge in [-0.15, -0.1) is 0 Å². The first-order valence-electron chi connectivity index (χ1n) is 8.84. The van der Waals surface area contributed by atoms with Crippen molar-refractivity contribution in [3.63, 3.8) is 0 Å². The van der Waals surface area contributed by atoms with Gasteiger partial charge in [-0.3, -0.25) is 19.9 Å². The summed E-state index contributed by atoms with van der Waals surface area (Å²) in [5, 5.41) is 2.25. The van der Waals surface area contributed by atoms with Gasteiger partial charge < -0.3 is 4.74 Å². The lowest BCUT2D eigenvalue weighted by atomic mass is 9.98. The molecule has 3 rings (SSSR count). The molecule has 1 aliphatic heterocycles. The van der Waals surface area contributed by atoms with E-state index in [1.165, 1.54) is 7.11 Å². The maximum absolute atomic E-state index is 13.0. The van der Waals surface area contributed by atoms with Crippen LogP contribution in [0.1, 0.15) is 25.5 Å². The van der Waals surface area contributed by atoms with Crippen LogP contribution in [-0.4, -0.2) is 30.7 Å². The minimum atomic E-state index is -1.16. The summed E-state index contributed by atoms with van der Waals surface area (Å²) in [6, 6.07) is 15.0. The quantitative estimate of drug-likeness (QED) is 0.639. The molecule has 1 unspecified atom stereocenters. The lowest BCUT2D eigenvalue weighted by Gasteiger charge is -2.30. The van der Waals surface area contributed by atoms with Gasteiger partial charge in [0.25, 0.3) is 5.91 Å². The molecule has 1 saturated heterocycles. The molecule has 0 spiro atoms. The van der Waals surface area contributed by atoms with Crippen molar-refractivity contribution in [2.24, 2.45) is 10.9 Å². The molecule has 0 aliphatic carbocycles. The van der Waals surface area contributed by atoms with E-state index in [0.717, 1.165) is 10.5 Å². The van der Waals surface area contributed by atoms with Crippen LogP contribution in [0.4, 0.5) is 10.5 Å². The Bertz CT molecular complexity index is 922. The van der Waals surface area contributed by atoms with Crippen LogP contribution in [0.15, 0.2) is 59.6 Å². The molecule has 2 aromatic carbocycles. The number of carbonyl (C=O) groups is 3. The lowest BCUT2D eigenvalue weighted by Crippen LogP contribution is -2.60. The molecule has 0 aromatic heterocycles. The summed E-state index contributed by atoms with van der Waals surface area (Å²) in [5.41, 5.74) is 1.67. The van der Waals surface area contributed by atoms with Crippen molar-refractivity contribution in [2.75, 3.05) is 12.0 Å². The number of ether oxygens (including phenoxy) is 1. The second kappa shape index (κ2) is 8.04. The van der Waals surface area contributed by atoms with Crippen LogP contribution in [0.3, 0.4) is 0 Å². The predicted molar refractivity (Wildman–Crippen MR) is 105 cm³/mol. The Morgan fingerprint density at radius 2 is 1.71 bits per heavy atom. The highest BCUT2D eigenvalue weighted by atomic mass is 16.5. The van der Waals surface area contributed by atoms with Gasteiger partial charge >= 0.3 is 6.03 Å². The molecule has 1 fully saturated rings. The number of hydrogen-bond donors (Lipinski definition) is 1. The molecule has 7 nitrogen and oxygen atoms in total. The Labute approximate surface area is 163 Å². The van der Waals surface area contributed by atoms with Crippen LogP contribution in [-0.2, 0) is 9.59 Å². The third kappa shape index (κ3) is 3.78. The molecule has 7 heteroatoms. The summed E-state index contributed by atoms with van der Waals surface area (Å²) >= 11 is 0. The Kier molecular flexibility index (Phi) is 5.54. The number of amides is 4. The standard InChI is InChI=1S/C21H21N3O4/c1-13(15-7-5-4-6-8-15)22-14(2)18-19(25)23-21(27)24(20(18)26)16-9-11-17(28-3)12-10-16/h4-13,18H,1-3H3,(H,23,25,27)/t13-,18?/m0/s1. The summed E-state index contributed by atoms with van der Waals surface area (Å²) in [6.45, 7) is 3.51. The zero-order chi connectivity index (χ0) is 20.3. The fraction of sp³-hybridized carbons (Fsp3) is 0.238. The average Bonchev–Trinajstić information content (AvgIpc) is 2.68. The van der Waals surface area contributed by atoms with Gasteiger partial charge in [0.2, 0.25) is 5.91 Å². The van der Waals surface area contributed by atoms with Crippen LogP contribution in [0.5, 0.6) is 5.75 Å². The highest BCUT2D eigenvalue weighted by molar-refractivity contribution is 6.35. The zero-order valence-corrected chi connectivity index (χ0v) is 15.9. The van der Waals surface area contributed by atoms with Gasteiger partial charge in [-0.2, -0.15) is 0 Å². The zero-order valence-electron chi connectivity index (χ0n) is 15.9. The lowest BCUT2D eigenvalue weighted by molar-refractivity contribution is -0.131. The van der Waals surface area contributed by atoms with Crippen molar-refractivity contribution >= 4 is 29.2 Å². The minimum Gasteiger partial charge on any atom is -0.497 e. The fourth-order valence-corrected chi connectivity index (χ4v) is 3.11. The van der Waals surface area contributed by atoms with E-state index < -0.39 is 23.8 Å². The third-order valence-corrected chi connectivity index (χ3v) is 4.59. The third-order valence-electron chi connectivity index (χ3n) is 4.59.